The number of aromatic nitrogens is 2. The third kappa shape index (κ3) is 2.82. The summed E-state index contributed by atoms with van der Waals surface area (Å²) in [4.78, 5) is 17.9. The van der Waals surface area contributed by atoms with Gasteiger partial charge in [-0.05, 0) is 24.1 Å². The van der Waals surface area contributed by atoms with Crippen LogP contribution in [0.5, 0.6) is 0 Å². The highest BCUT2D eigenvalue weighted by atomic mass is 35.5. The molecule has 0 spiro atoms. The van der Waals surface area contributed by atoms with E-state index in [1.54, 1.807) is 0 Å². The van der Waals surface area contributed by atoms with Crippen LogP contribution in [0, 0.1) is 0 Å². The van der Waals surface area contributed by atoms with Crippen LogP contribution in [-0.4, -0.2) is 34.0 Å². The zero-order valence-corrected chi connectivity index (χ0v) is 11.6. The highest BCUT2D eigenvalue weighted by Gasteiger charge is 2.32. The fourth-order valence-corrected chi connectivity index (χ4v) is 2.56. The van der Waals surface area contributed by atoms with Crippen molar-refractivity contribution in [2.24, 2.45) is 0 Å². The monoisotopic (exact) mass is 291 g/mol. The lowest BCUT2D eigenvalue weighted by Crippen LogP contribution is -2.27. The normalized spacial score (nSPS) is 18.8. The Morgan fingerprint density at radius 3 is 2.85 bits per heavy atom. The zero-order chi connectivity index (χ0) is 13.9. The summed E-state index contributed by atoms with van der Waals surface area (Å²) in [6, 6.07) is 7.70. The van der Waals surface area contributed by atoms with Crippen molar-refractivity contribution in [1.82, 2.24) is 15.0 Å². The number of hydrogen-bond acceptors (Lipinski definition) is 4. The molecule has 1 atom stereocenters. The standard InChI is InChI=1S/C14H14ClN3O2/c15-12-3-1-10(2-4-12)5-6-18-8-11(7-13(18)19)14-16-9-20-17-14/h1-4,9,11H,5-8H2. The second kappa shape index (κ2) is 5.63. The third-order valence-corrected chi connectivity index (χ3v) is 3.79. The molecule has 3 rings (SSSR count). The summed E-state index contributed by atoms with van der Waals surface area (Å²) in [5, 5.41) is 4.54. The van der Waals surface area contributed by atoms with Crippen molar-refractivity contribution in [3.63, 3.8) is 0 Å². The molecular weight excluding hydrogens is 278 g/mol. The van der Waals surface area contributed by atoms with Crippen LogP contribution in [0.25, 0.3) is 0 Å². The van der Waals surface area contributed by atoms with Gasteiger partial charge in [0.1, 0.15) is 0 Å². The highest BCUT2D eigenvalue weighted by molar-refractivity contribution is 6.30. The Morgan fingerprint density at radius 2 is 2.15 bits per heavy atom. The summed E-state index contributed by atoms with van der Waals surface area (Å²) >= 11 is 5.85. The minimum Gasteiger partial charge on any atom is -0.343 e. The maximum Gasteiger partial charge on any atom is 0.223 e. The number of rotatable bonds is 4. The Morgan fingerprint density at radius 1 is 1.35 bits per heavy atom. The lowest BCUT2D eigenvalue weighted by atomic mass is 10.1. The number of benzene rings is 1. The van der Waals surface area contributed by atoms with E-state index in [0.29, 0.717) is 25.3 Å². The highest BCUT2D eigenvalue weighted by Crippen LogP contribution is 2.25. The maximum atomic E-state index is 12.0. The van der Waals surface area contributed by atoms with Crippen molar-refractivity contribution in [1.29, 1.82) is 0 Å². The molecule has 0 bridgehead atoms. The SMILES string of the molecule is O=C1CC(c2ncon2)CN1CCc1ccc(Cl)cc1. The molecule has 1 aromatic heterocycles. The summed E-state index contributed by atoms with van der Waals surface area (Å²) in [5.74, 6) is 0.813. The first-order chi connectivity index (χ1) is 9.72. The predicted molar refractivity (Wildman–Crippen MR) is 73.4 cm³/mol. The first kappa shape index (κ1) is 13.1. The van der Waals surface area contributed by atoms with Crippen LogP contribution >= 0.6 is 11.6 Å². The van der Waals surface area contributed by atoms with Gasteiger partial charge in [-0.2, -0.15) is 4.98 Å². The predicted octanol–water partition coefficient (Wildman–Crippen LogP) is 2.28. The van der Waals surface area contributed by atoms with Crippen LogP contribution in [-0.2, 0) is 11.2 Å². The summed E-state index contributed by atoms with van der Waals surface area (Å²) in [6.45, 7) is 1.36. The van der Waals surface area contributed by atoms with Gasteiger partial charge in [0.2, 0.25) is 12.3 Å². The van der Waals surface area contributed by atoms with Crippen molar-refractivity contribution in [3.05, 3.63) is 47.1 Å². The summed E-state index contributed by atoms with van der Waals surface area (Å²) < 4.78 is 4.73. The van der Waals surface area contributed by atoms with E-state index in [9.17, 15) is 4.79 Å². The van der Waals surface area contributed by atoms with E-state index in [4.69, 9.17) is 16.1 Å². The van der Waals surface area contributed by atoms with Gasteiger partial charge in [0.05, 0.1) is 0 Å². The second-order valence-corrected chi connectivity index (χ2v) is 5.34. The average Bonchev–Trinajstić information content (AvgIpc) is 3.08. The molecule has 1 amide bonds. The van der Waals surface area contributed by atoms with Gasteiger partial charge in [-0.3, -0.25) is 4.79 Å². The number of amides is 1. The van der Waals surface area contributed by atoms with Crippen molar-refractivity contribution >= 4 is 17.5 Å². The van der Waals surface area contributed by atoms with Gasteiger partial charge in [-0.25, -0.2) is 0 Å². The van der Waals surface area contributed by atoms with Crippen LogP contribution < -0.4 is 0 Å². The molecule has 0 N–H and O–H groups in total. The van der Waals surface area contributed by atoms with E-state index in [0.717, 1.165) is 11.4 Å². The molecule has 1 fully saturated rings. The van der Waals surface area contributed by atoms with Crippen molar-refractivity contribution in [3.8, 4) is 0 Å². The minimum absolute atomic E-state index is 0.0477. The van der Waals surface area contributed by atoms with Crippen LogP contribution in [0.4, 0.5) is 0 Å². The summed E-state index contributed by atoms with van der Waals surface area (Å²) in [6.07, 6.45) is 2.58. The molecule has 1 saturated heterocycles. The van der Waals surface area contributed by atoms with E-state index in [1.165, 1.54) is 12.0 Å². The molecule has 0 aliphatic carbocycles. The van der Waals surface area contributed by atoms with Gasteiger partial charge in [0.25, 0.3) is 0 Å². The molecule has 104 valence electrons. The van der Waals surface area contributed by atoms with Gasteiger partial charge in [0.15, 0.2) is 5.82 Å². The molecular formula is C14H14ClN3O2. The van der Waals surface area contributed by atoms with E-state index in [2.05, 4.69) is 10.1 Å². The number of likely N-dealkylation sites (tertiary alicyclic amines) is 1. The number of carbonyl (C=O) groups excluding carboxylic acids is 1. The smallest absolute Gasteiger partial charge is 0.223 e. The Labute approximate surface area is 121 Å². The molecule has 0 radical (unpaired) electrons. The molecule has 1 aliphatic rings. The molecule has 0 saturated carbocycles. The fraction of sp³-hybridized carbons (Fsp3) is 0.357. The summed E-state index contributed by atoms with van der Waals surface area (Å²) in [5.41, 5.74) is 1.17. The van der Waals surface area contributed by atoms with Crippen LogP contribution in [0.1, 0.15) is 23.7 Å². The second-order valence-electron chi connectivity index (χ2n) is 4.91. The Bertz CT molecular complexity index is 583. The molecule has 5 nitrogen and oxygen atoms in total. The number of hydrogen-bond donors (Lipinski definition) is 0. The van der Waals surface area contributed by atoms with Crippen LogP contribution in [0.15, 0.2) is 35.2 Å². The minimum atomic E-state index is 0.0477. The molecule has 1 unspecified atom stereocenters. The van der Waals surface area contributed by atoms with Gasteiger partial charge in [-0.1, -0.05) is 28.9 Å². The van der Waals surface area contributed by atoms with E-state index in [-0.39, 0.29) is 11.8 Å². The maximum absolute atomic E-state index is 12.0. The van der Waals surface area contributed by atoms with Gasteiger partial charge in [-0.15, -0.1) is 0 Å². The van der Waals surface area contributed by atoms with Gasteiger partial charge >= 0.3 is 0 Å². The van der Waals surface area contributed by atoms with E-state index >= 15 is 0 Å². The Hall–Kier alpha value is -1.88. The first-order valence-electron chi connectivity index (χ1n) is 6.51. The van der Waals surface area contributed by atoms with E-state index < -0.39 is 0 Å². The largest absolute Gasteiger partial charge is 0.343 e. The molecule has 20 heavy (non-hydrogen) atoms. The van der Waals surface area contributed by atoms with E-state index in [1.807, 2.05) is 29.2 Å². The van der Waals surface area contributed by atoms with Crippen LogP contribution in [0.2, 0.25) is 5.02 Å². The molecule has 2 aromatic rings. The summed E-state index contributed by atoms with van der Waals surface area (Å²) in [7, 11) is 0. The third-order valence-electron chi connectivity index (χ3n) is 3.54. The number of carbonyl (C=O) groups is 1. The average molecular weight is 292 g/mol. The number of nitrogens with zero attached hydrogens (tertiary/aromatic N) is 3. The molecule has 2 heterocycles. The van der Waals surface area contributed by atoms with Gasteiger partial charge < -0.3 is 9.42 Å². The lowest BCUT2D eigenvalue weighted by molar-refractivity contribution is -0.127. The Balaban J connectivity index is 1.58. The van der Waals surface area contributed by atoms with Crippen LogP contribution in [0.3, 0.4) is 0 Å². The van der Waals surface area contributed by atoms with Gasteiger partial charge in [0, 0.05) is 30.5 Å². The molecule has 1 aliphatic heterocycles. The van der Waals surface area contributed by atoms with Crippen molar-refractivity contribution < 1.29 is 9.32 Å². The topological polar surface area (TPSA) is 59.2 Å². The Kier molecular flexibility index (Phi) is 3.69. The van der Waals surface area contributed by atoms with Crippen molar-refractivity contribution in [2.45, 2.75) is 18.8 Å². The zero-order valence-electron chi connectivity index (χ0n) is 10.8. The quantitative estimate of drug-likeness (QED) is 0.867. The van der Waals surface area contributed by atoms with Crippen molar-refractivity contribution in [2.75, 3.05) is 13.1 Å². The molecule has 6 heteroatoms. The lowest BCUT2D eigenvalue weighted by Gasteiger charge is -2.15. The number of halogens is 1. The molecule has 1 aromatic carbocycles. The fourth-order valence-electron chi connectivity index (χ4n) is 2.43. The first-order valence-corrected chi connectivity index (χ1v) is 6.88.